The van der Waals surface area contributed by atoms with Crippen molar-refractivity contribution < 1.29 is 17.6 Å². The molecule has 1 heterocycles. The van der Waals surface area contributed by atoms with Crippen molar-refractivity contribution in [1.82, 2.24) is 5.32 Å². The van der Waals surface area contributed by atoms with Crippen molar-refractivity contribution in [3.05, 3.63) is 52.5 Å². The standard InChI is InChI=1S/C15H16FNO3S2/c1-11(8-15(18)17-9-12-6-7-21-10-12)22(19,20)14-4-2-13(16)3-5-14/h2-7,10-11H,8-9H2,1H3,(H,17,18)/t11-/m0/s1. The zero-order valence-electron chi connectivity index (χ0n) is 12.0. The summed E-state index contributed by atoms with van der Waals surface area (Å²) >= 11 is 1.53. The predicted molar refractivity (Wildman–Crippen MR) is 83.8 cm³/mol. The van der Waals surface area contributed by atoms with Gasteiger partial charge in [-0.05, 0) is 53.6 Å². The van der Waals surface area contributed by atoms with Crippen LogP contribution in [0.2, 0.25) is 0 Å². The molecule has 7 heteroatoms. The van der Waals surface area contributed by atoms with Gasteiger partial charge in [0.1, 0.15) is 5.82 Å². The average molecular weight is 341 g/mol. The molecule has 0 aliphatic heterocycles. The first-order valence-corrected chi connectivity index (χ1v) is 9.16. The second-order valence-corrected chi connectivity index (χ2v) is 8.07. The van der Waals surface area contributed by atoms with E-state index >= 15 is 0 Å². The lowest BCUT2D eigenvalue weighted by atomic mass is 10.3. The van der Waals surface area contributed by atoms with Crippen LogP contribution >= 0.6 is 11.3 Å². The molecule has 2 aromatic rings. The number of sulfone groups is 1. The van der Waals surface area contributed by atoms with Crippen LogP contribution in [0.1, 0.15) is 18.9 Å². The van der Waals surface area contributed by atoms with Crippen LogP contribution in [0, 0.1) is 5.82 Å². The minimum Gasteiger partial charge on any atom is -0.352 e. The van der Waals surface area contributed by atoms with Crippen LogP contribution in [0.3, 0.4) is 0 Å². The maximum atomic E-state index is 12.9. The van der Waals surface area contributed by atoms with Gasteiger partial charge in [-0.3, -0.25) is 4.79 Å². The van der Waals surface area contributed by atoms with Gasteiger partial charge in [-0.2, -0.15) is 11.3 Å². The van der Waals surface area contributed by atoms with E-state index in [1.807, 2.05) is 16.8 Å². The second-order valence-electron chi connectivity index (χ2n) is 4.92. The number of hydrogen-bond acceptors (Lipinski definition) is 4. The van der Waals surface area contributed by atoms with E-state index in [1.165, 1.54) is 30.4 Å². The highest BCUT2D eigenvalue weighted by molar-refractivity contribution is 7.92. The maximum Gasteiger partial charge on any atom is 0.221 e. The summed E-state index contributed by atoms with van der Waals surface area (Å²) in [7, 11) is -3.65. The molecule has 0 saturated heterocycles. The van der Waals surface area contributed by atoms with Crippen molar-refractivity contribution in [2.45, 2.75) is 30.0 Å². The lowest BCUT2D eigenvalue weighted by molar-refractivity contribution is -0.121. The smallest absolute Gasteiger partial charge is 0.221 e. The highest BCUT2D eigenvalue weighted by Crippen LogP contribution is 2.18. The van der Waals surface area contributed by atoms with Crippen molar-refractivity contribution in [2.75, 3.05) is 0 Å². The van der Waals surface area contributed by atoms with E-state index in [0.717, 1.165) is 17.7 Å². The Morgan fingerprint density at radius 2 is 1.95 bits per heavy atom. The van der Waals surface area contributed by atoms with Crippen LogP contribution in [0.4, 0.5) is 4.39 Å². The van der Waals surface area contributed by atoms with Crippen molar-refractivity contribution in [1.29, 1.82) is 0 Å². The molecule has 1 N–H and O–H groups in total. The Morgan fingerprint density at radius 3 is 2.55 bits per heavy atom. The van der Waals surface area contributed by atoms with Crippen molar-refractivity contribution in [3.63, 3.8) is 0 Å². The van der Waals surface area contributed by atoms with Gasteiger partial charge in [-0.25, -0.2) is 12.8 Å². The van der Waals surface area contributed by atoms with E-state index in [-0.39, 0.29) is 17.2 Å². The van der Waals surface area contributed by atoms with Gasteiger partial charge in [0, 0.05) is 13.0 Å². The van der Waals surface area contributed by atoms with Crippen LogP contribution in [-0.4, -0.2) is 19.6 Å². The third-order valence-electron chi connectivity index (χ3n) is 3.21. The van der Waals surface area contributed by atoms with Crippen molar-refractivity contribution in [2.24, 2.45) is 0 Å². The number of halogens is 1. The molecule has 0 fully saturated rings. The quantitative estimate of drug-likeness (QED) is 0.822. The summed E-state index contributed by atoms with van der Waals surface area (Å²) in [4.78, 5) is 11.9. The topological polar surface area (TPSA) is 63.2 Å². The van der Waals surface area contributed by atoms with E-state index in [9.17, 15) is 17.6 Å². The Morgan fingerprint density at radius 1 is 1.27 bits per heavy atom. The lowest BCUT2D eigenvalue weighted by Gasteiger charge is -2.13. The van der Waals surface area contributed by atoms with E-state index in [4.69, 9.17) is 0 Å². The van der Waals surface area contributed by atoms with Gasteiger partial charge in [-0.1, -0.05) is 0 Å². The number of hydrogen-bond donors (Lipinski definition) is 1. The monoisotopic (exact) mass is 341 g/mol. The minimum absolute atomic E-state index is 0.0204. The summed E-state index contributed by atoms with van der Waals surface area (Å²) in [5, 5.41) is 5.64. The molecule has 1 aromatic heterocycles. The molecule has 1 aromatic carbocycles. The highest BCUT2D eigenvalue weighted by Gasteiger charge is 2.25. The molecule has 0 spiro atoms. The summed E-state index contributed by atoms with van der Waals surface area (Å²) < 4.78 is 37.5. The fourth-order valence-corrected chi connectivity index (χ4v) is 3.91. The average Bonchev–Trinajstić information content (AvgIpc) is 2.99. The lowest BCUT2D eigenvalue weighted by Crippen LogP contribution is -2.29. The first-order chi connectivity index (χ1) is 10.4. The van der Waals surface area contributed by atoms with E-state index in [1.54, 1.807) is 0 Å². The van der Waals surface area contributed by atoms with Gasteiger partial charge in [0.15, 0.2) is 9.84 Å². The number of carbonyl (C=O) groups is 1. The fraction of sp³-hybridized carbons (Fsp3) is 0.267. The number of carbonyl (C=O) groups excluding carboxylic acids is 1. The Labute approximate surface area is 132 Å². The molecule has 0 unspecified atom stereocenters. The molecule has 22 heavy (non-hydrogen) atoms. The second kappa shape index (κ2) is 7.02. The molecular weight excluding hydrogens is 325 g/mol. The molecular formula is C15H16FNO3S2. The fourth-order valence-electron chi connectivity index (χ4n) is 1.89. The van der Waals surface area contributed by atoms with Gasteiger partial charge < -0.3 is 5.32 Å². The summed E-state index contributed by atoms with van der Waals surface area (Å²) in [6, 6.07) is 6.50. The van der Waals surface area contributed by atoms with Crippen LogP contribution in [0.25, 0.3) is 0 Å². The van der Waals surface area contributed by atoms with Gasteiger partial charge in [0.2, 0.25) is 5.91 Å². The van der Waals surface area contributed by atoms with E-state index in [2.05, 4.69) is 5.32 Å². The number of thiophene rings is 1. The molecule has 4 nitrogen and oxygen atoms in total. The Kier molecular flexibility index (Phi) is 5.31. The summed E-state index contributed by atoms with van der Waals surface area (Å²) in [5.41, 5.74) is 0.979. The van der Waals surface area contributed by atoms with Gasteiger partial charge >= 0.3 is 0 Å². The third-order valence-corrected chi connectivity index (χ3v) is 6.10. The number of nitrogens with one attached hydrogen (secondary N) is 1. The molecule has 2 rings (SSSR count). The van der Waals surface area contributed by atoms with Crippen LogP contribution in [-0.2, 0) is 21.2 Å². The first-order valence-electron chi connectivity index (χ1n) is 6.67. The van der Waals surface area contributed by atoms with Crippen molar-refractivity contribution in [3.8, 4) is 0 Å². The Balaban J connectivity index is 1.96. The molecule has 0 radical (unpaired) electrons. The van der Waals surface area contributed by atoms with Crippen LogP contribution in [0.15, 0.2) is 46.0 Å². The normalized spacial score (nSPS) is 12.8. The Bertz CT molecular complexity index is 725. The van der Waals surface area contributed by atoms with E-state index in [0.29, 0.717) is 6.54 Å². The molecule has 0 aliphatic carbocycles. The van der Waals surface area contributed by atoms with Gasteiger partial charge in [0.25, 0.3) is 0 Å². The van der Waals surface area contributed by atoms with Gasteiger partial charge in [0.05, 0.1) is 10.1 Å². The zero-order chi connectivity index (χ0) is 16.2. The van der Waals surface area contributed by atoms with Crippen LogP contribution in [0.5, 0.6) is 0 Å². The largest absolute Gasteiger partial charge is 0.352 e. The number of amides is 1. The highest BCUT2D eigenvalue weighted by atomic mass is 32.2. The maximum absolute atomic E-state index is 12.9. The minimum atomic E-state index is -3.65. The molecule has 0 saturated carbocycles. The van der Waals surface area contributed by atoms with Crippen LogP contribution < -0.4 is 5.32 Å². The SMILES string of the molecule is C[C@@H](CC(=O)NCc1ccsc1)S(=O)(=O)c1ccc(F)cc1. The van der Waals surface area contributed by atoms with Crippen molar-refractivity contribution >= 4 is 27.1 Å². The Hall–Kier alpha value is -1.73. The number of benzene rings is 1. The first kappa shape index (κ1) is 16.6. The molecule has 1 atom stereocenters. The molecule has 1 amide bonds. The molecule has 0 aliphatic rings. The number of rotatable bonds is 6. The zero-order valence-corrected chi connectivity index (χ0v) is 13.6. The summed E-state index contributed by atoms with van der Waals surface area (Å²) in [5.74, 6) is -0.829. The summed E-state index contributed by atoms with van der Waals surface area (Å²) in [6.45, 7) is 1.86. The predicted octanol–water partition coefficient (Wildman–Crippen LogP) is 2.76. The third kappa shape index (κ3) is 4.14. The van der Waals surface area contributed by atoms with E-state index < -0.39 is 20.9 Å². The summed E-state index contributed by atoms with van der Waals surface area (Å²) in [6.07, 6.45) is -0.135. The molecule has 118 valence electrons. The molecule has 0 bridgehead atoms. The van der Waals surface area contributed by atoms with Gasteiger partial charge in [-0.15, -0.1) is 0 Å².